The molecule has 2 rings (SSSR count). The van der Waals surface area contributed by atoms with Crippen molar-refractivity contribution in [3.63, 3.8) is 0 Å². The Morgan fingerprint density at radius 2 is 2.50 bits per heavy atom. The summed E-state index contributed by atoms with van der Waals surface area (Å²) in [5.41, 5.74) is 5.61. The molecule has 66 valence electrons. The Hall–Kier alpha value is -0.980. The number of nitrogens with two attached hydrogens (primary N) is 1. The van der Waals surface area contributed by atoms with Gasteiger partial charge in [-0.1, -0.05) is 0 Å². The van der Waals surface area contributed by atoms with E-state index in [-0.39, 0.29) is 12.3 Å². The standard InChI is InChI=1S/C6H11N4O2/c7-5-3-11-4-6(9-5)10-8-1-2-12-10/h1-2,5-6,9H,3-4,7H2/q+1. The molecule has 2 atom stereocenters. The van der Waals surface area contributed by atoms with Gasteiger partial charge in [-0.15, -0.1) is 0 Å². The van der Waals surface area contributed by atoms with E-state index in [4.69, 9.17) is 15.0 Å². The van der Waals surface area contributed by atoms with E-state index in [1.54, 1.807) is 6.20 Å². The van der Waals surface area contributed by atoms with Gasteiger partial charge in [-0.25, -0.2) is 9.84 Å². The molecular formula is C6H11N4O2+. The lowest BCUT2D eigenvalue weighted by molar-refractivity contribution is -0.931. The molecular weight excluding hydrogens is 160 g/mol. The number of hydrogen-bond acceptors (Lipinski definition) is 5. The van der Waals surface area contributed by atoms with Crippen LogP contribution in [0.15, 0.2) is 17.0 Å². The zero-order valence-corrected chi connectivity index (χ0v) is 6.51. The predicted molar refractivity (Wildman–Crippen MR) is 37.7 cm³/mol. The van der Waals surface area contributed by atoms with Crippen molar-refractivity contribution in [2.24, 2.45) is 5.73 Å². The van der Waals surface area contributed by atoms with Crippen molar-refractivity contribution in [1.82, 2.24) is 10.4 Å². The number of rotatable bonds is 1. The molecule has 0 bridgehead atoms. The predicted octanol–water partition coefficient (Wildman–Crippen LogP) is -1.63. The summed E-state index contributed by atoms with van der Waals surface area (Å²) < 4.78 is 10.2. The van der Waals surface area contributed by atoms with Crippen molar-refractivity contribution in [2.45, 2.75) is 12.3 Å². The molecule has 0 saturated carbocycles. The van der Waals surface area contributed by atoms with Gasteiger partial charge in [-0.3, -0.25) is 0 Å². The lowest BCUT2D eigenvalue weighted by Crippen LogP contribution is -2.60. The molecule has 12 heavy (non-hydrogen) atoms. The molecule has 6 heteroatoms. The summed E-state index contributed by atoms with van der Waals surface area (Å²) in [6.07, 6.45) is 2.83. The van der Waals surface area contributed by atoms with Gasteiger partial charge in [0.2, 0.25) is 0 Å². The molecule has 2 unspecified atom stereocenters. The van der Waals surface area contributed by atoms with Gasteiger partial charge in [0, 0.05) is 5.10 Å². The summed E-state index contributed by atoms with van der Waals surface area (Å²) in [6, 6.07) is 0. The fourth-order valence-electron chi connectivity index (χ4n) is 1.14. The minimum atomic E-state index is -0.150. The molecule has 1 aromatic heterocycles. The van der Waals surface area contributed by atoms with Crippen LogP contribution in [0.5, 0.6) is 0 Å². The van der Waals surface area contributed by atoms with Crippen LogP contribution in [-0.2, 0) is 4.74 Å². The van der Waals surface area contributed by atoms with Gasteiger partial charge in [-0.05, 0) is 0 Å². The first-order chi connectivity index (χ1) is 5.86. The van der Waals surface area contributed by atoms with Crippen molar-refractivity contribution in [3.8, 4) is 0 Å². The van der Waals surface area contributed by atoms with Crippen LogP contribution in [-0.4, -0.2) is 24.5 Å². The Bertz CT molecular complexity index is 238. The highest BCUT2D eigenvalue weighted by Gasteiger charge is 2.30. The Morgan fingerprint density at radius 1 is 1.58 bits per heavy atom. The number of hydrogen-bond donors (Lipinski definition) is 2. The van der Waals surface area contributed by atoms with E-state index in [1.807, 2.05) is 0 Å². The van der Waals surface area contributed by atoms with Gasteiger partial charge >= 0.3 is 6.17 Å². The molecule has 6 nitrogen and oxygen atoms in total. The summed E-state index contributed by atoms with van der Waals surface area (Å²) >= 11 is 0. The van der Waals surface area contributed by atoms with Gasteiger partial charge in [-0.2, -0.15) is 0 Å². The zero-order valence-electron chi connectivity index (χ0n) is 6.51. The fraction of sp³-hybridized carbons (Fsp3) is 0.667. The second kappa shape index (κ2) is 3.18. The average Bonchev–Trinajstić information content (AvgIpc) is 2.56. The molecule has 1 fully saturated rings. The number of nitrogens with zero attached hydrogens (tertiary/aromatic N) is 2. The summed E-state index contributed by atoms with van der Waals surface area (Å²) in [4.78, 5) is 1.43. The van der Waals surface area contributed by atoms with Crippen LogP contribution in [0.1, 0.15) is 6.17 Å². The molecule has 1 aromatic rings. The topological polar surface area (TPSA) is 77.2 Å². The van der Waals surface area contributed by atoms with E-state index >= 15 is 0 Å². The summed E-state index contributed by atoms with van der Waals surface area (Å²) in [5.74, 6) is 0. The normalized spacial score (nSPS) is 30.4. The third-order valence-corrected chi connectivity index (χ3v) is 1.66. The van der Waals surface area contributed by atoms with Gasteiger partial charge < -0.3 is 10.5 Å². The molecule has 2 heterocycles. The zero-order chi connectivity index (χ0) is 8.39. The Balaban J connectivity index is 2.04. The minimum absolute atomic E-state index is 0.0938. The van der Waals surface area contributed by atoms with Crippen LogP contribution in [0.4, 0.5) is 0 Å². The summed E-state index contributed by atoms with van der Waals surface area (Å²) in [5, 5.41) is 7.00. The maximum Gasteiger partial charge on any atom is 0.310 e. The van der Waals surface area contributed by atoms with Crippen molar-refractivity contribution >= 4 is 0 Å². The monoisotopic (exact) mass is 171 g/mol. The first kappa shape index (κ1) is 7.66. The van der Waals surface area contributed by atoms with E-state index in [0.29, 0.717) is 13.2 Å². The lowest BCUT2D eigenvalue weighted by Gasteiger charge is -2.21. The minimum Gasteiger partial charge on any atom is -0.370 e. The molecule has 0 amide bonds. The van der Waals surface area contributed by atoms with Gasteiger partial charge in [0.15, 0.2) is 6.26 Å². The second-order valence-corrected chi connectivity index (χ2v) is 2.63. The number of nitrogens with one attached hydrogen (secondary N) is 1. The highest BCUT2D eigenvalue weighted by molar-refractivity contribution is 4.62. The van der Waals surface area contributed by atoms with Crippen LogP contribution in [0.25, 0.3) is 0 Å². The molecule has 3 N–H and O–H groups in total. The third kappa shape index (κ3) is 1.45. The van der Waals surface area contributed by atoms with E-state index in [0.717, 1.165) is 0 Å². The first-order valence-corrected chi connectivity index (χ1v) is 3.77. The van der Waals surface area contributed by atoms with Gasteiger partial charge in [0.25, 0.3) is 0 Å². The van der Waals surface area contributed by atoms with Crippen LogP contribution in [0.2, 0.25) is 0 Å². The summed E-state index contributed by atoms with van der Waals surface area (Å²) in [7, 11) is 0. The molecule has 0 radical (unpaired) electrons. The highest BCUT2D eigenvalue weighted by Crippen LogP contribution is 1.99. The maximum atomic E-state index is 5.61. The number of aromatic nitrogens is 2. The van der Waals surface area contributed by atoms with Crippen LogP contribution in [0, 0.1) is 0 Å². The van der Waals surface area contributed by atoms with E-state index in [9.17, 15) is 0 Å². The molecule has 0 spiro atoms. The molecule has 0 aromatic carbocycles. The maximum absolute atomic E-state index is 5.61. The summed E-state index contributed by atoms with van der Waals surface area (Å²) in [6.45, 7) is 1.05. The molecule has 1 aliphatic rings. The third-order valence-electron chi connectivity index (χ3n) is 1.66. The van der Waals surface area contributed by atoms with E-state index in [2.05, 4.69) is 10.4 Å². The Labute approximate surface area is 69.3 Å². The Morgan fingerprint density at radius 3 is 3.17 bits per heavy atom. The average molecular weight is 171 g/mol. The quantitative estimate of drug-likeness (QED) is 0.496. The highest BCUT2D eigenvalue weighted by atomic mass is 16.5. The Kier molecular flexibility index (Phi) is 2.03. The largest absolute Gasteiger partial charge is 0.370 e. The number of morpholine rings is 1. The van der Waals surface area contributed by atoms with E-state index in [1.165, 1.54) is 11.1 Å². The first-order valence-electron chi connectivity index (χ1n) is 3.77. The molecule has 1 saturated heterocycles. The van der Waals surface area contributed by atoms with Crippen LogP contribution >= 0.6 is 0 Å². The van der Waals surface area contributed by atoms with Crippen LogP contribution in [0.3, 0.4) is 0 Å². The molecule has 1 aliphatic heterocycles. The van der Waals surface area contributed by atoms with Crippen LogP contribution < -0.4 is 15.9 Å². The van der Waals surface area contributed by atoms with Crippen molar-refractivity contribution in [3.05, 3.63) is 12.5 Å². The fourth-order valence-corrected chi connectivity index (χ4v) is 1.14. The lowest BCUT2D eigenvalue weighted by atomic mass is 10.4. The van der Waals surface area contributed by atoms with Gasteiger partial charge in [0.05, 0.1) is 12.8 Å². The van der Waals surface area contributed by atoms with Gasteiger partial charge in [0.1, 0.15) is 17.7 Å². The van der Waals surface area contributed by atoms with Crippen molar-refractivity contribution in [1.29, 1.82) is 0 Å². The smallest absolute Gasteiger partial charge is 0.310 e. The SMILES string of the molecule is NC1COCC([n+]2ncco2)N1. The second-order valence-electron chi connectivity index (χ2n) is 2.63. The van der Waals surface area contributed by atoms with E-state index < -0.39 is 0 Å². The number of ether oxygens (including phenoxy) is 1. The van der Waals surface area contributed by atoms with Crippen molar-refractivity contribution < 1.29 is 14.1 Å². The molecule has 0 aliphatic carbocycles. The van der Waals surface area contributed by atoms with Crippen molar-refractivity contribution in [2.75, 3.05) is 13.2 Å².